The number of ketones is 1. The predicted octanol–water partition coefficient (Wildman–Crippen LogP) is 3.43. The second-order valence-electron chi connectivity index (χ2n) is 4.56. The molecule has 2 nitrogen and oxygen atoms in total. The molecule has 0 saturated heterocycles. The van der Waals surface area contributed by atoms with Crippen molar-refractivity contribution in [2.24, 2.45) is 0 Å². The molecule has 0 radical (unpaired) electrons. The Morgan fingerprint density at radius 1 is 1.41 bits per heavy atom. The van der Waals surface area contributed by atoms with Gasteiger partial charge in [0.2, 0.25) is 5.78 Å². The molecule has 88 valence electrons. The third-order valence-corrected chi connectivity index (χ3v) is 4.32. The van der Waals surface area contributed by atoms with Crippen molar-refractivity contribution >= 4 is 17.1 Å². The minimum atomic E-state index is 0.193. The van der Waals surface area contributed by atoms with Crippen LogP contribution in [0.4, 0.5) is 0 Å². The van der Waals surface area contributed by atoms with Gasteiger partial charge in [0.1, 0.15) is 0 Å². The second-order valence-corrected chi connectivity index (χ2v) is 5.51. The van der Waals surface area contributed by atoms with Crippen molar-refractivity contribution in [2.75, 3.05) is 0 Å². The van der Waals surface area contributed by atoms with Crippen molar-refractivity contribution in [3.05, 3.63) is 45.4 Å². The summed E-state index contributed by atoms with van der Waals surface area (Å²) < 4.78 is 2.31. The highest BCUT2D eigenvalue weighted by atomic mass is 32.1. The fourth-order valence-electron chi connectivity index (χ4n) is 2.61. The van der Waals surface area contributed by atoms with Gasteiger partial charge in [-0.1, -0.05) is 6.07 Å². The minimum absolute atomic E-state index is 0.193. The summed E-state index contributed by atoms with van der Waals surface area (Å²) >= 11 is 1.53. The Kier molecular flexibility index (Phi) is 2.63. The highest BCUT2D eigenvalue weighted by molar-refractivity contribution is 7.12. The van der Waals surface area contributed by atoms with Gasteiger partial charge < -0.3 is 4.57 Å². The SMILES string of the molecule is Cc1cc(C(=O)c2cccs2)c2n1CCCC2. The van der Waals surface area contributed by atoms with Crippen molar-refractivity contribution in [2.45, 2.75) is 32.7 Å². The predicted molar refractivity (Wildman–Crippen MR) is 69.9 cm³/mol. The molecule has 3 rings (SSSR count). The van der Waals surface area contributed by atoms with E-state index in [1.165, 1.54) is 35.6 Å². The molecule has 1 aliphatic heterocycles. The zero-order chi connectivity index (χ0) is 11.8. The van der Waals surface area contributed by atoms with Crippen LogP contribution in [0.2, 0.25) is 0 Å². The van der Waals surface area contributed by atoms with E-state index in [1.807, 2.05) is 17.5 Å². The van der Waals surface area contributed by atoms with Gasteiger partial charge in [0, 0.05) is 23.5 Å². The first kappa shape index (κ1) is 10.8. The van der Waals surface area contributed by atoms with Gasteiger partial charge in [-0.05, 0) is 43.7 Å². The van der Waals surface area contributed by atoms with E-state index >= 15 is 0 Å². The summed E-state index contributed by atoms with van der Waals surface area (Å²) in [6, 6.07) is 5.91. The highest BCUT2D eigenvalue weighted by Gasteiger charge is 2.21. The summed E-state index contributed by atoms with van der Waals surface area (Å²) in [4.78, 5) is 13.2. The van der Waals surface area contributed by atoms with Crippen LogP contribution in [0.25, 0.3) is 0 Å². The van der Waals surface area contributed by atoms with Gasteiger partial charge in [-0.3, -0.25) is 4.79 Å². The average molecular weight is 245 g/mol. The maximum atomic E-state index is 12.4. The molecule has 1 aliphatic rings. The standard InChI is InChI=1S/C14H15NOS/c1-10-9-11(12-5-2-3-7-15(10)12)14(16)13-6-4-8-17-13/h4,6,8-9H,2-3,5,7H2,1H3. The van der Waals surface area contributed by atoms with Crippen molar-refractivity contribution < 1.29 is 4.79 Å². The summed E-state index contributed by atoms with van der Waals surface area (Å²) in [6.45, 7) is 3.17. The van der Waals surface area contributed by atoms with E-state index in [2.05, 4.69) is 17.6 Å². The number of nitrogens with zero attached hydrogens (tertiary/aromatic N) is 1. The fraction of sp³-hybridized carbons (Fsp3) is 0.357. The lowest BCUT2D eigenvalue weighted by molar-refractivity contribution is 0.104. The molecule has 0 fully saturated rings. The van der Waals surface area contributed by atoms with E-state index in [1.54, 1.807) is 0 Å². The number of aryl methyl sites for hydroxylation is 1. The van der Waals surface area contributed by atoms with Crippen LogP contribution in [-0.4, -0.2) is 10.4 Å². The lowest BCUT2D eigenvalue weighted by Gasteiger charge is -2.17. The largest absolute Gasteiger partial charge is 0.348 e. The first-order valence-electron chi connectivity index (χ1n) is 6.04. The summed E-state index contributed by atoms with van der Waals surface area (Å²) in [5.74, 6) is 0.193. The second kappa shape index (κ2) is 4.15. The van der Waals surface area contributed by atoms with E-state index in [-0.39, 0.29) is 5.78 Å². The van der Waals surface area contributed by atoms with E-state index in [9.17, 15) is 4.79 Å². The molecule has 0 amide bonds. The Labute approximate surface area is 105 Å². The number of aromatic nitrogens is 1. The van der Waals surface area contributed by atoms with Crippen LogP contribution in [0, 0.1) is 6.92 Å². The van der Waals surface area contributed by atoms with Gasteiger partial charge in [-0.2, -0.15) is 0 Å². The molecule has 3 heterocycles. The molecule has 2 aromatic rings. The van der Waals surface area contributed by atoms with Crippen molar-refractivity contribution in [1.82, 2.24) is 4.57 Å². The summed E-state index contributed by atoms with van der Waals surface area (Å²) in [7, 11) is 0. The maximum Gasteiger partial charge on any atom is 0.204 e. The Morgan fingerprint density at radius 2 is 2.29 bits per heavy atom. The minimum Gasteiger partial charge on any atom is -0.348 e. The van der Waals surface area contributed by atoms with Crippen LogP contribution >= 0.6 is 11.3 Å². The van der Waals surface area contributed by atoms with Gasteiger partial charge in [0.15, 0.2) is 0 Å². The number of thiophene rings is 1. The van der Waals surface area contributed by atoms with Crippen molar-refractivity contribution in [1.29, 1.82) is 0 Å². The Hall–Kier alpha value is -1.35. The molecule has 0 bridgehead atoms. The van der Waals surface area contributed by atoms with Crippen LogP contribution in [0.1, 0.15) is 39.5 Å². The van der Waals surface area contributed by atoms with Gasteiger partial charge in [0.25, 0.3) is 0 Å². The number of fused-ring (bicyclic) bond motifs is 1. The number of carbonyl (C=O) groups is 1. The highest BCUT2D eigenvalue weighted by Crippen LogP contribution is 2.26. The van der Waals surface area contributed by atoms with E-state index < -0.39 is 0 Å². The first-order valence-corrected chi connectivity index (χ1v) is 6.92. The normalized spacial score (nSPS) is 14.6. The zero-order valence-corrected chi connectivity index (χ0v) is 10.7. The molecule has 0 aliphatic carbocycles. The van der Waals surface area contributed by atoms with Gasteiger partial charge >= 0.3 is 0 Å². The van der Waals surface area contributed by atoms with E-state index in [0.29, 0.717) is 0 Å². The van der Waals surface area contributed by atoms with Crippen LogP contribution in [-0.2, 0) is 13.0 Å². The number of rotatable bonds is 2. The smallest absolute Gasteiger partial charge is 0.204 e. The van der Waals surface area contributed by atoms with Crippen LogP contribution in [0.5, 0.6) is 0 Å². The van der Waals surface area contributed by atoms with Crippen LogP contribution < -0.4 is 0 Å². The third kappa shape index (κ3) is 1.75. The molecule has 2 aromatic heterocycles. The summed E-state index contributed by atoms with van der Waals surface area (Å²) in [5, 5.41) is 1.96. The maximum absolute atomic E-state index is 12.4. The summed E-state index contributed by atoms with van der Waals surface area (Å²) in [5.41, 5.74) is 3.39. The molecular formula is C14H15NOS. The molecule has 0 N–H and O–H groups in total. The average Bonchev–Trinajstić information content (AvgIpc) is 2.97. The molecular weight excluding hydrogens is 230 g/mol. The van der Waals surface area contributed by atoms with Crippen molar-refractivity contribution in [3.63, 3.8) is 0 Å². The summed E-state index contributed by atoms with van der Waals surface area (Å²) in [6.07, 6.45) is 3.48. The van der Waals surface area contributed by atoms with Crippen molar-refractivity contribution in [3.8, 4) is 0 Å². The molecule has 0 aromatic carbocycles. The molecule has 3 heteroatoms. The quantitative estimate of drug-likeness (QED) is 0.743. The van der Waals surface area contributed by atoms with Gasteiger partial charge in [0.05, 0.1) is 4.88 Å². The third-order valence-electron chi connectivity index (χ3n) is 3.45. The van der Waals surface area contributed by atoms with Crippen LogP contribution in [0.3, 0.4) is 0 Å². The Balaban J connectivity index is 2.06. The fourth-order valence-corrected chi connectivity index (χ4v) is 3.29. The molecule has 17 heavy (non-hydrogen) atoms. The molecule has 0 atom stereocenters. The first-order chi connectivity index (χ1) is 8.27. The number of hydrogen-bond donors (Lipinski definition) is 0. The van der Waals surface area contributed by atoms with E-state index in [4.69, 9.17) is 0 Å². The monoisotopic (exact) mass is 245 g/mol. The Morgan fingerprint density at radius 3 is 3.06 bits per heavy atom. The lowest BCUT2D eigenvalue weighted by Crippen LogP contribution is -2.13. The lowest BCUT2D eigenvalue weighted by atomic mass is 10.0. The zero-order valence-electron chi connectivity index (χ0n) is 9.90. The van der Waals surface area contributed by atoms with Gasteiger partial charge in [-0.15, -0.1) is 11.3 Å². The number of carbonyl (C=O) groups excluding carboxylic acids is 1. The molecule has 0 unspecified atom stereocenters. The molecule has 0 saturated carbocycles. The number of hydrogen-bond acceptors (Lipinski definition) is 2. The molecule has 0 spiro atoms. The topological polar surface area (TPSA) is 22.0 Å². The van der Waals surface area contributed by atoms with E-state index in [0.717, 1.165) is 23.4 Å². The Bertz CT molecular complexity index is 551. The van der Waals surface area contributed by atoms with Crippen LogP contribution in [0.15, 0.2) is 23.6 Å². The van der Waals surface area contributed by atoms with Gasteiger partial charge in [-0.25, -0.2) is 0 Å².